The highest BCUT2D eigenvalue weighted by Gasteiger charge is 2.35. The number of thiocarbonyl (C=S) groups is 1. The molecule has 0 atom stereocenters. The molecule has 2 amide bonds. The van der Waals surface area contributed by atoms with E-state index in [0.29, 0.717) is 10.6 Å². The fourth-order valence-corrected chi connectivity index (χ4v) is 3.98. The molecule has 0 aliphatic carbocycles. The van der Waals surface area contributed by atoms with Crippen molar-refractivity contribution in [2.45, 2.75) is 6.18 Å². The molecule has 1 heterocycles. The second-order valence-corrected chi connectivity index (χ2v) is 7.96. The van der Waals surface area contributed by atoms with E-state index in [1.54, 1.807) is 30.3 Å². The molecule has 2 aromatic rings. The Morgan fingerprint density at radius 2 is 1.83 bits per heavy atom. The molecule has 4 nitrogen and oxygen atoms in total. The summed E-state index contributed by atoms with van der Waals surface area (Å²) < 4.78 is 39.3. The summed E-state index contributed by atoms with van der Waals surface area (Å²) in [5.74, 6) is -1.31. The molecular weight excluding hydrogens is 445 g/mol. The third-order valence-corrected chi connectivity index (χ3v) is 5.60. The van der Waals surface area contributed by atoms with Crippen molar-refractivity contribution in [1.82, 2.24) is 4.90 Å². The number of nitrogens with one attached hydrogen (secondary N) is 1. The summed E-state index contributed by atoms with van der Waals surface area (Å²) in [6, 6.07) is 11.5. The quantitative estimate of drug-likeness (QED) is 0.507. The van der Waals surface area contributed by atoms with E-state index in [9.17, 15) is 22.8 Å². The number of nitrogens with zero attached hydrogens (tertiary/aromatic N) is 1. The monoisotopic (exact) mass is 456 g/mol. The van der Waals surface area contributed by atoms with Crippen LogP contribution in [-0.2, 0) is 15.8 Å². The van der Waals surface area contributed by atoms with Crippen molar-refractivity contribution in [2.24, 2.45) is 0 Å². The fourth-order valence-electron chi connectivity index (χ4n) is 2.54. The lowest BCUT2D eigenvalue weighted by Gasteiger charge is -2.16. The Kier molecular flexibility index (Phi) is 6.30. The van der Waals surface area contributed by atoms with Crippen molar-refractivity contribution >= 4 is 63.5 Å². The van der Waals surface area contributed by atoms with Crippen LogP contribution in [0.4, 0.5) is 18.9 Å². The van der Waals surface area contributed by atoms with Gasteiger partial charge in [0.25, 0.3) is 5.91 Å². The van der Waals surface area contributed by atoms with E-state index >= 15 is 0 Å². The van der Waals surface area contributed by atoms with Crippen LogP contribution in [0.2, 0.25) is 5.02 Å². The Balaban J connectivity index is 1.74. The normalized spacial score (nSPS) is 15.9. The number of amides is 2. The average molecular weight is 457 g/mol. The zero-order chi connectivity index (χ0) is 21.2. The standard InChI is InChI=1S/C19H12ClF3N2O2S2/c20-13-7-3-1-5-11(13)9-15-17(27)25(18(28)29-15)10-16(26)24-14-8-4-2-6-12(14)19(21,22)23/h1-9H,10H2,(H,24,26)/b15-9+. The summed E-state index contributed by atoms with van der Waals surface area (Å²) >= 11 is 12.2. The van der Waals surface area contributed by atoms with E-state index in [2.05, 4.69) is 5.32 Å². The highest BCUT2D eigenvalue weighted by Crippen LogP contribution is 2.35. The number of benzene rings is 2. The Hall–Kier alpha value is -2.36. The topological polar surface area (TPSA) is 49.4 Å². The van der Waals surface area contributed by atoms with Gasteiger partial charge in [0.1, 0.15) is 10.9 Å². The fraction of sp³-hybridized carbons (Fsp3) is 0.105. The maximum Gasteiger partial charge on any atom is 0.418 e. The lowest BCUT2D eigenvalue weighted by molar-refractivity contribution is -0.137. The molecule has 0 bridgehead atoms. The van der Waals surface area contributed by atoms with Gasteiger partial charge >= 0.3 is 6.18 Å². The number of carbonyl (C=O) groups is 2. The zero-order valence-electron chi connectivity index (χ0n) is 14.5. The van der Waals surface area contributed by atoms with Crippen LogP contribution in [0.3, 0.4) is 0 Å². The predicted octanol–water partition coefficient (Wildman–Crippen LogP) is 5.20. The lowest BCUT2D eigenvalue weighted by Crippen LogP contribution is -2.36. The van der Waals surface area contributed by atoms with Crippen LogP contribution in [0.5, 0.6) is 0 Å². The third kappa shape index (κ3) is 4.98. The first kappa shape index (κ1) is 21.4. The van der Waals surface area contributed by atoms with Gasteiger partial charge in [-0.1, -0.05) is 65.9 Å². The molecule has 10 heteroatoms. The molecule has 0 saturated carbocycles. The van der Waals surface area contributed by atoms with Gasteiger partial charge in [-0.15, -0.1) is 0 Å². The molecule has 0 spiro atoms. The van der Waals surface area contributed by atoms with Crippen LogP contribution in [-0.4, -0.2) is 27.6 Å². The molecule has 3 rings (SSSR count). The molecule has 1 N–H and O–H groups in total. The van der Waals surface area contributed by atoms with Gasteiger partial charge in [-0.05, 0) is 29.8 Å². The maximum absolute atomic E-state index is 13.1. The van der Waals surface area contributed by atoms with Crippen LogP contribution in [0.25, 0.3) is 6.08 Å². The van der Waals surface area contributed by atoms with Crippen molar-refractivity contribution in [3.8, 4) is 0 Å². The van der Waals surface area contributed by atoms with Gasteiger partial charge in [-0.25, -0.2) is 0 Å². The minimum absolute atomic E-state index is 0.132. The van der Waals surface area contributed by atoms with E-state index in [1.807, 2.05) is 0 Å². The van der Waals surface area contributed by atoms with E-state index in [-0.39, 0.29) is 14.9 Å². The molecule has 0 aromatic heterocycles. The summed E-state index contributed by atoms with van der Waals surface area (Å²) in [7, 11) is 0. The summed E-state index contributed by atoms with van der Waals surface area (Å²) in [5, 5.41) is 2.64. The lowest BCUT2D eigenvalue weighted by atomic mass is 10.1. The van der Waals surface area contributed by atoms with Crippen molar-refractivity contribution in [2.75, 3.05) is 11.9 Å². The molecule has 0 unspecified atom stereocenters. The van der Waals surface area contributed by atoms with Gasteiger partial charge in [0.05, 0.1) is 16.2 Å². The highest BCUT2D eigenvalue weighted by atomic mass is 35.5. The first-order valence-corrected chi connectivity index (χ1v) is 9.73. The van der Waals surface area contributed by atoms with Crippen molar-refractivity contribution in [3.05, 3.63) is 69.6 Å². The smallest absolute Gasteiger partial charge is 0.324 e. The number of rotatable bonds is 4. The number of carbonyl (C=O) groups excluding carboxylic acids is 2. The minimum atomic E-state index is -4.62. The van der Waals surface area contributed by atoms with E-state index in [0.717, 1.165) is 28.8 Å². The molecular formula is C19H12ClF3N2O2S2. The van der Waals surface area contributed by atoms with E-state index in [1.165, 1.54) is 12.1 Å². The van der Waals surface area contributed by atoms with Crippen LogP contribution >= 0.6 is 35.6 Å². The molecule has 1 aliphatic rings. The van der Waals surface area contributed by atoms with Gasteiger partial charge in [0.2, 0.25) is 5.91 Å². The Labute approximate surface area is 178 Å². The number of halogens is 4. The molecule has 1 aliphatic heterocycles. The van der Waals surface area contributed by atoms with Gasteiger partial charge in [0, 0.05) is 5.02 Å². The first-order valence-electron chi connectivity index (χ1n) is 8.13. The van der Waals surface area contributed by atoms with Gasteiger partial charge in [0.15, 0.2) is 0 Å². The van der Waals surface area contributed by atoms with Gasteiger partial charge in [-0.3, -0.25) is 14.5 Å². The van der Waals surface area contributed by atoms with Crippen molar-refractivity contribution in [3.63, 3.8) is 0 Å². The molecule has 150 valence electrons. The highest BCUT2D eigenvalue weighted by molar-refractivity contribution is 8.26. The van der Waals surface area contributed by atoms with Gasteiger partial charge < -0.3 is 5.32 Å². The summed E-state index contributed by atoms with van der Waals surface area (Å²) in [6.07, 6.45) is -3.07. The Morgan fingerprint density at radius 1 is 1.17 bits per heavy atom. The van der Waals surface area contributed by atoms with Crippen LogP contribution in [0.1, 0.15) is 11.1 Å². The number of anilines is 1. The molecule has 1 fully saturated rings. The number of thioether (sulfide) groups is 1. The predicted molar refractivity (Wildman–Crippen MR) is 111 cm³/mol. The largest absolute Gasteiger partial charge is 0.418 e. The SMILES string of the molecule is O=C(CN1C(=O)/C(=C\c2ccccc2Cl)SC1=S)Nc1ccccc1C(F)(F)F. The van der Waals surface area contributed by atoms with Crippen molar-refractivity contribution < 1.29 is 22.8 Å². The maximum atomic E-state index is 13.1. The Bertz CT molecular complexity index is 1020. The summed E-state index contributed by atoms with van der Waals surface area (Å²) in [6.45, 7) is -0.503. The second-order valence-electron chi connectivity index (χ2n) is 5.88. The molecule has 2 aromatic carbocycles. The molecule has 1 saturated heterocycles. The third-order valence-electron chi connectivity index (χ3n) is 3.87. The zero-order valence-corrected chi connectivity index (χ0v) is 16.9. The van der Waals surface area contributed by atoms with Crippen LogP contribution in [0, 0.1) is 0 Å². The van der Waals surface area contributed by atoms with E-state index < -0.39 is 30.1 Å². The average Bonchev–Trinajstić information content (AvgIpc) is 2.90. The van der Waals surface area contributed by atoms with Gasteiger partial charge in [-0.2, -0.15) is 13.2 Å². The van der Waals surface area contributed by atoms with E-state index in [4.69, 9.17) is 23.8 Å². The number of para-hydroxylation sites is 1. The first-order chi connectivity index (χ1) is 13.7. The molecule has 29 heavy (non-hydrogen) atoms. The number of alkyl halides is 3. The summed E-state index contributed by atoms with van der Waals surface area (Å²) in [4.78, 5) is 26.2. The second kappa shape index (κ2) is 8.56. The molecule has 0 radical (unpaired) electrons. The van der Waals surface area contributed by atoms with Crippen molar-refractivity contribution in [1.29, 1.82) is 0 Å². The Morgan fingerprint density at radius 3 is 2.52 bits per heavy atom. The number of hydrogen-bond acceptors (Lipinski definition) is 4. The van der Waals surface area contributed by atoms with Crippen LogP contribution < -0.4 is 5.32 Å². The summed E-state index contributed by atoms with van der Waals surface area (Å²) in [5.41, 5.74) is -0.752. The minimum Gasteiger partial charge on any atom is -0.324 e. The van der Waals surface area contributed by atoms with Crippen LogP contribution in [0.15, 0.2) is 53.4 Å². The number of hydrogen-bond donors (Lipinski definition) is 1.